The summed E-state index contributed by atoms with van der Waals surface area (Å²) in [7, 11) is 1.91. The van der Waals surface area contributed by atoms with Crippen molar-refractivity contribution >= 4 is 11.6 Å². The molecule has 0 amide bonds. The van der Waals surface area contributed by atoms with Gasteiger partial charge in [-0.2, -0.15) is 5.10 Å². The Kier molecular flexibility index (Phi) is 4.55. The molecule has 20 heavy (non-hydrogen) atoms. The number of aryl methyl sites for hydroxylation is 1. The monoisotopic (exact) mass is 274 g/mol. The molecule has 2 heterocycles. The molecular formula is C14H22N6. The Labute approximate surface area is 119 Å². The number of hydrogen-bond acceptors (Lipinski definition) is 5. The zero-order chi connectivity index (χ0) is 14.5. The third kappa shape index (κ3) is 3.26. The first-order valence-electron chi connectivity index (χ1n) is 6.93. The van der Waals surface area contributed by atoms with Gasteiger partial charge in [0.2, 0.25) is 0 Å². The highest BCUT2D eigenvalue weighted by molar-refractivity contribution is 5.59. The van der Waals surface area contributed by atoms with Crippen LogP contribution in [-0.2, 0) is 13.6 Å². The van der Waals surface area contributed by atoms with Crippen LogP contribution in [0.4, 0.5) is 11.6 Å². The second-order valence-electron chi connectivity index (χ2n) is 5.00. The number of nitrogens with zero attached hydrogens (tertiary/aromatic N) is 4. The van der Waals surface area contributed by atoms with Gasteiger partial charge in [0.15, 0.2) is 0 Å². The predicted molar refractivity (Wildman–Crippen MR) is 80.8 cm³/mol. The quantitative estimate of drug-likeness (QED) is 0.846. The van der Waals surface area contributed by atoms with E-state index in [0.29, 0.717) is 12.5 Å². The molecule has 2 N–H and O–H groups in total. The van der Waals surface area contributed by atoms with Crippen LogP contribution in [0.25, 0.3) is 0 Å². The lowest BCUT2D eigenvalue weighted by Gasteiger charge is -2.17. The number of hydrogen-bond donors (Lipinski definition) is 2. The molecule has 2 aromatic heterocycles. The van der Waals surface area contributed by atoms with Crippen molar-refractivity contribution in [2.24, 2.45) is 7.05 Å². The maximum atomic E-state index is 4.37. The third-order valence-corrected chi connectivity index (χ3v) is 3.01. The summed E-state index contributed by atoms with van der Waals surface area (Å²) >= 11 is 0. The molecular weight excluding hydrogens is 252 g/mol. The van der Waals surface area contributed by atoms with Crippen LogP contribution in [0.3, 0.4) is 0 Å². The third-order valence-electron chi connectivity index (χ3n) is 3.01. The van der Waals surface area contributed by atoms with Gasteiger partial charge in [0.05, 0.1) is 12.2 Å². The minimum atomic E-state index is 0.344. The number of rotatable bonds is 6. The SMILES string of the molecule is CCNc1ncnc(NCc2ccn(C)n2)c1C(C)C. The lowest BCUT2D eigenvalue weighted by Crippen LogP contribution is -2.11. The van der Waals surface area contributed by atoms with Crippen molar-refractivity contribution in [1.29, 1.82) is 0 Å². The van der Waals surface area contributed by atoms with Crippen molar-refractivity contribution in [3.8, 4) is 0 Å². The van der Waals surface area contributed by atoms with Crippen LogP contribution >= 0.6 is 0 Å². The van der Waals surface area contributed by atoms with E-state index in [-0.39, 0.29) is 0 Å². The molecule has 0 aliphatic rings. The van der Waals surface area contributed by atoms with E-state index in [1.54, 1.807) is 11.0 Å². The molecule has 0 fully saturated rings. The van der Waals surface area contributed by atoms with Gasteiger partial charge < -0.3 is 10.6 Å². The topological polar surface area (TPSA) is 67.7 Å². The minimum absolute atomic E-state index is 0.344. The highest BCUT2D eigenvalue weighted by Gasteiger charge is 2.14. The lowest BCUT2D eigenvalue weighted by molar-refractivity contribution is 0.746. The summed E-state index contributed by atoms with van der Waals surface area (Å²) < 4.78 is 1.80. The Morgan fingerprint density at radius 3 is 2.45 bits per heavy atom. The van der Waals surface area contributed by atoms with Crippen molar-refractivity contribution in [3.05, 3.63) is 29.8 Å². The Morgan fingerprint density at radius 1 is 1.20 bits per heavy atom. The van der Waals surface area contributed by atoms with Crippen LogP contribution in [0.5, 0.6) is 0 Å². The second kappa shape index (κ2) is 6.36. The normalized spacial score (nSPS) is 10.8. The van der Waals surface area contributed by atoms with Crippen LogP contribution in [0.1, 0.15) is 37.9 Å². The van der Waals surface area contributed by atoms with Gasteiger partial charge in [-0.15, -0.1) is 0 Å². The van der Waals surface area contributed by atoms with Gasteiger partial charge in [0, 0.05) is 25.4 Å². The summed E-state index contributed by atoms with van der Waals surface area (Å²) in [5, 5.41) is 11.0. The zero-order valence-corrected chi connectivity index (χ0v) is 12.5. The molecule has 2 rings (SSSR count). The van der Waals surface area contributed by atoms with Crippen molar-refractivity contribution in [2.45, 2.75) is 33.2 Å². The van der Waals surface area contributed by atoms with Gasteiger partial charge >= 0.3 is 0 Å². The van der Waals surface area contributed by atoms with Crippen LogP contribution in [0.15, 0.2) is 18.6 Å². The molecule has 0 saturated heterocycles. The fourth-order valence-corrected chi connectivity index (χ4v) is 2.12. The average molecular weight is 274 g/mol. The van der Waals surface area contributed by atoms with E-state index in [1.165, 1.54) is 0 Å². The first-order chi connectivity index (χ1) is 9.61. The molecule has 2 aromatic rings. The fraction of sp³-hybridized carbons (Fsp3) is 0.500. The summed E-state index contributed by atoms with van der Waals surface area (Å²) in [6.45, 7) is 7.85. The Morgan fingerprint density at radius 2 is 1.90 bits per heavy atom. The average Bonchev–Trinajstić information content (AvgIpc) is 2.82. The van der Waals surface area contributed by atoms with Gasteiger partial charge in [0.25, 0.3) is 0 Å². The number of nitrogens with one attached hydrogen (secondary N) is 2. The summed E-state index contributed by atoms with van der Waals surface area (Å²) in [5.74, 6) is 2.12. The molecule has 0 aliphatic carbocycles. The van der Waals surface area contributed by atoms with E-state index < -0.39 is 0 Å². The maximum absolute atomic E-state index is 4.37. The van der Waals surface area contributed by atoms with E-state index in [9.17, 15) is 0 Å². The first kappa shape index (κ1) is 14.3. The van der Waals surface area contributed by atoms with E-state index in [2.05, 4.69) is 46.5 Å². The van der Waals surface area contributed by atoms with E-state index in [0.717, 1.165) is 29.4 Å². The summed E-state index contributed by atoms with van der Waals surface area (Å²) in [6.07, 6.45) is 3.52. The second-order valence-corrected chi connectivity index (χ2v) is 5.00. The van der Waals surface area contributed by atoms with Gasteiger partial charge in [-0.3, -0.25) is 4.68 Å². The summed E-state index contributed by atoms with van der Waals surface area (Å²) in [5.41, 5.74) is 2.11. The van der Waals surface area contributed by atoms with Crippen molar-refractivity contribution < 1.29 is 0 Å². The van der Waals surface area contributed by atoms with Gasteiger partial charge in [0.1, 0.15) is 18.0 Å². The largest absolute Gasteiger partial charge is 0.370 e. The molecule has 0 bridgehead atoms. The Hall–Kier alpha value is -2.11. The van der Waals surface area contributed by atoms with Crippen LogP contribution in [0, 0.1) is 0 Å². The number of aromatic nitrogens is 4. The van der Waals surface area contributed by atoms with Gasteiger partial charge in [-0.1, -0.05) is 13.8 Å². The van der Waals surface area contributed by atoms with Crippen molar-refractivity contribution in [1.82, 2.24) is 19.7 Å². The van der Waals surface area contributed by atoms with E-state index in [4.69, 9.17) is 0 Å². The standard InChI is InChI=1S/C14H22N6/c1-5-15-13-12(10(2)3)14(18-9-17-13)16-8-11-6-7-20(4)19-11/h6-7,9-10H,5,8H2,1-4H3,(H2,15,16,17,18). The molecule has 0 aromatic carbocycles. The minimum Gasteiger partial charge on any atom is -0.370 e. The zero-order valence-electron chi connectivity index (χ0n) is 12.5. The fourth-order valence-electron chi connectivity index (χ4n) is 2.12. The van der Waals surface area contributed by atoms with E-state index >= 15 is 0 Å². The van der Waals surface area contributed by atoms with Crippen LogP contribution in [0.2, 0.25) is 0 Å². The van der Waals surface area contributed by atoms with E-state index in [1.807, 2.05) is 19.3 Å². The molecule has 6 nitrogen and oxygen atoms in total. The maximum Gasteiger partial charge on any atom is 0.135 e. The molecule has 0 saturated carbocycles. The smallest absolute Gasteiger partial charge is 0.135 e. The molecule has 0 aliphatic heterocycles. The lowest BCUT2D eigenvalue weighted by atomic mass is 10.0. The summed E-state index contributed by atoms with van der Waals surface area (Å²) in [6, 6.07) is 1.99. The number of anilines is 2. The van der Waals surface area contributed by atoms with Crippen molar-refractivity contribution in [2.75, 3.05) is 17.2 Å². The molecule has 0 atom stereocenters. The molecule has 0 radical (unpaired) electrons. The molecule has 108 valence electrons. The van der Waals surface area contributed by atoms with Crippen LogP contribution < -0.4 is 10.6 Å². The predicted octanol–water partition coefficient (Wildman–Crippen LogP) is 2.38. The van der Waals surface area contributed by atoms with Gasteiger partial charge in [-0.05, 0) is 18.9 Å². The highest BCUT2D eigenvalue weighted by atomic mass is 15.3. The molecule has 0 unspecified atom stereocenters. The van der Waals surface area contributed by atoms with Crippen molar-refractivity contribution in [3.63, 3.8) is 0 Å². The molecule has 6 heteroatoms. The van der Waals surface area contributed by atoms with Crippen LogP contribution in [-0.4, -0.2) is 26.3 Å². The Balaban J connectivity index is 2.19. The van der Waals surface area contributed by atoms with Gasteiger partial charge in [-0.25, -0.2) is 9.97 Å². The first-order valence-corrected chi connectivity index (χ1v) is 6.93. The summed E-state index contributed by atoms with van der Waals surface area (Å²) in [4.78, 5) is 8.70. The molecule has 0 spiro atoms. The highest BCUT2D eigenvalue weighted by Crippen LogP contribution is 2.28. The Bertz CT molecular complexity index is 561.